The van der Waals surface area contributed by atoms with Gasteiger partial charge in [0.2, 0.25) is 5.91 Å². The van der Waals surface area contributed by atoms with Gasteiger partial charge < -0.3 is 11.1 Å². The maximum atomic E-state index is 11.9. The molecule has 0 spiro atoms. The molecule has 0 radical (unpaired) electrons. The molecule has 2 unspecified atom stereocenters. The van der Waals surface area contributed by atoms with Crippen LogP contribution >= 0.6 is 15.9 Å². The number of rotatable bonds is 5. The summed E-state index contributed by atoms with van der Waals surface area (Å²) in [4.78, 5) is 11.9. The Balaban J connectivity index is 1.68. The fraction of sp³-hybridized carbons (Fsp3) is 0.562. The highest BCUT2D eigenvalue weighted by atomic mass is 79.9. The lowest BCUT2D eigenvalue weighted by atomic mass is 9.83. The highest BCUT2D eigenvalue weighted by molar-refractivity contribution is 9.10. The minimum absolute atomic E-state index is 0.143. The first-order valence-electron chi connectivity index (χ1n) is 7.42. The summed E-state index contributed by atoms with van der Waals surface area (Å²) >= 11 is 3.42. The summed E-state index contributed by atoms with van der Waals surface area (Å²) in [5, 5.41) is 3.01. The summed E-state index contributed by atoms with van der Waals surface area (Å²) < 4.78 is 1.08. The number of hydrogen-bond acceptors (Lipinski definition) is 2. The van der Waals surface area contributed by atoms with E-state index in [1.165, 1.54) is 18.4 Å². The molecule has 3 N–H and O–H groups in total. The van der Waals surface area contributed by atoms with E-state index in [2.05, 4.69) is 33.4 Å². The van der Waals surface area contributed by atoms with Crippen LogP contribution in [0.25, 0.3) is 0 Å². The van der Waals surface area contributed by atoms with Crippen molar-refractivity contribution in [2.45, 2.75) is 44.6 Å². The Bertz CT molecular complexity index is 433. The van der Waals surface area contributed by atoms with Gasteiger partial charge in [0.1, 0.15) is 0 Å². The average Bonchev–Trinajstić information content (AvgIpc) is 2.44. The summed E-state index contributed by atoms with van der Waals surface area (Å²) in [6.07, 6.45) is 6.04. The Morgan fingerprint density at radius 1 is 1.25 bits per heavy atom. The SMILES string of the molecule is NC1CCCCC1CC(=O)NCCc1ccc(Br)cc1. The smallest absolute Gasteiger partial charge is 0.220 e. The summed E-state index contributed by atoms with van der Waals surface area (Å²) in [6, 6.07) is 8.41. The Labute approximate surface area is 129 Å². The van der Waals surface area contributed by atoms with Crippen molar-refractivity contribution in [3.63, 3.8) is 0 Å². The number of nitrogens with one attached hydrogen (secondary N) is 1. The molecule has 0 saturated heterocycles. The van der Waals surface area contributed by atoms with Crippen molar-refractivity contribution in [1.29, 1.82) is 0 Å². The molecule has 1 aliphatic carbocycles. The number of benzene rings is 1. The van der Waals surface area contributed by atoms with E-state index in [0.717, 1.165) is 23.7 Å². The van der Waals surface area contributed by atoms with E-state index in [1.807, 2.05) is 12.1 Å². The first-order chi connectivity index (χ1) is 9.65. The maximum Gasteiger partial charge on any atom is 0.220 e. The lowest BCUT2D eigenvalue weighted by Gasteiger charge is -2.27. The molecule has 0 aromatic heterocycles. The second-order valence-electron chi connectivity index (χ2n) is 5.64. The zero-order valence-corrected chi connectivity index (χ0v) is 13.4. The van der Waals surface area contributed by atoms with Gasteiger partial charge in [-0.05, 0) is 42.9 Å². The third-order valence-corrected chi connectivity index (χ3v) is 4.59. The molecule has 0 heterocycles. The van der Waals surface area contributed by atoms with Gasteiger partial charge in [0.05, 0.1) is 0 Å². The molecule has 2 rings (SSSR count). The van der Waals surface area contributed by atoms with Crippen molar-refractivity contribution >= 4 is 21.8 Å². The van der Waals surface area contributed by atoms with E-state index in [1.54, 1.807) is 0 Å². The second-order valence-corrected chi connectivity index (χ2v) is 6.55. The van der Waals surface area contributed by atoms with Gasteiger partial charge in [0.15, 0.2) is 0 Å². The molecule has 0 bridgehead atoms. The zero-order chi connectivity index (χ0) is 14.4. The predicted octanol–water partition coefficient (Wildman–Crippen LogP) is 3.02. The number of hydrogen-bond donors (Lipinski definition) is 2. The summed E-state index contributed by atoms with van der Waals surface area (Å²) in [5.74, 6) is 0.515. The number of halogens is 1. The van der Waals surface area contributed by atoms with E-state index in [9.17, 15) is 4.79 Å². The number of nitrogens with two attached hydrogens (primary N) is 1. The Morgan fingerprint density at radius 2 is 1.95 bits per heavy atom. The quantitative estimate of drug-likeness (QED) is 0.866. The van der Waals surface area contributed by atoms with Crippen molar-refractivity contribution in [2.24, 2.45) is 11.7 Å². The Morgan fingerprint density at radius 3 is 2.65 bits per heavy atom. The van der Waals surface area contributed by atoms with Gasteiger partial charge in [-0.3, -0.25) is 4.79 Å². The van der Waals surface area contributed by atoms with E-state index in [4.69, 9.17) is 5.73 Å². The van der Waals surface area contributed by atoms with Crippen LogP contribution < -0.4 is 11.1 Å². The van der Waals surface area contributed by atoms with Gasteiger partial charge in [-0.15, -0.1) is 0 Å². The summed E-state index contributed by atoms with van der Waals surface area (Å²) in [5.41, 5.74) is 7.32. The highest BCUT2D eigenvalue weighted by Gasteiger charge is 2.23. The van der Waals surface area contributed by atoms with Crippen molar-refractivity contribution in [3.05, 3.63) is 34.3 Å². The number of carbonyl (C=O) groups excluding carboxylic acids is 1. The monoisotopic (exact) mass is 338 g/mol. The van der Waals surface area contributed by atoms with Crippen molar-refractivity contribution in [3.8, 4) is 0 Å². The van der Waals surface area contributed by atoms with Crippen LogP contribution in [0.15, 0.2) is 28.7 Å². The fourth-order valence-corrected chi connectivity index (χ4v) is 3.06. The van der Waals surface area contributed by atoms with Crippen LogP contribution in [0.4, 0.5) is 0 Å². The number of amides is 1. The summed E-state index contributed by atoms with van der Waals surface area (Å²) in [6.45, 7) is 0.697. The third-order valence-electron chi connectivity index (χ3n) is 4.06. The van der Waals surface area contributed by atoms with Crippen LogP contribution in [-0.2, 0) is 11.2 Å². The molecule has 1 fully saturated rings. The molecule has 0 aliphatic heterocycles. The van der Waals surface area contributed by atoms with Gasteiger partial charge in [-0.2, -0.15) is 0 Å². The first-order valence-corrected chi connectivity index (χ1v) is 8.21. The maximum absolute atomic E-state index is 11.9. The van der Waals surface area contributed by atoms with Crippen LogP contribution in [0, 0.1) is 5.92 Å². The fourth-order valence-electron chi connectivity index (χ4n) is 2.80. The van der Waals surface area contributed by atoms with E-state index < -0.39 is 0 Å². The van der Waals surface area contributed by atoms with E-state index in [-0.39, 0.29) is 11.9 Å². The highest BCUT2D eigenvalue weighted by Crippen LogP contribution is 2.25. The molecule has 3 nitrogen and oxygen atoms in total. The van der Waals surface area contributed by atoms with Crippen LogP contribution in [0.5, 0.6) is 0 Å². The average molecular weight is 339 g/mol. The van der Waals surface area contributed by atoms with Gasteiger partial charge in [0, 0.05) is 23.5 Å². The third kappa shape index (κ3) is 4.91. The molecule has 1 aromatic carbocycles. The van der Waals surface area contributed by atoms with Crippen molar-refractivity contribution in [1.82, 2.24) is 5.32 Å². The molecule has 110 valence electrons. The standard InChI is InChI=1S/C16H23BrN2O/c17-14-7-5-12(6-8-14)9-10-19-16(20)11-13-3-1-2-4-15(13)18/h5-8,13,15H,1-4,9-11,18H2,(H,19,20). The van der Waals surface area contributed by atoms with E-state index >= 15 is 0 Å². The van der Waals surface area contributed by atoms with Gasteiger partial charge in [-0.1, -0.05) is 40.9 Å². The molecule has 4 heteroatoms. The van der Waals surface area contributed by atoms with Gasteiger partial charge in [-0.25, -0.2) is 0 Å². The van der Waals surface area contributed by atoms with Crippen LogP contribution in [0.2, 0.25) is 0 Å². The molecule has 20 heavy (non-hydrogen) atoms. The van der Waals surface area contributed by atoms with Gasteiger partial charge in [0.25, 0.3) is 0 Å². The van der Waals surface area contributed by atoms with Crippen molar-refractivity contribution < 1.29 is 4.79 Å². The normalized spacial score (nSPS) is 22.5. The lowest BCUT2D eigenvalue weighted by Crippen LogP contribution is -2.37. The zero-order valence-electron chi connectivity index (χ0n) is 11.8. The Kier molecular flexibility index (Phi) is 6.05. The minimum Gasteiger partial charge on any atom is -0.356 e. The van der Waals surface area contributed by atoms with E-state index in [0.29, 0.717) is 18.9 Å². The molecular formula is C16H23BrN2O. The molecule has 1 amide bonds. The van der Waals surface area contributed by atoms with Gasteiger partial charge >= 0.3 is 0 Å². The van der Waals surface area contributed by atoms with Crippen molar-refractivity contribution in [2.75, 3.05) is 6.54 Å². The summed E-state index contributed by atoms with van der Waals surface area (Å²) in [7, 11) is 0. The minimum atomic E-state index is 0.143. The molecule has 1 aliphatic rings. The second kappa shape index (κ2) is 7.79. The molecule has 1 saturated carbocycles. The number of carbonyl (C=O) groups is 1. The first kappa shape index (κ1) is 15.5. The predicted molar refractivity (Wildman–Crippen MR) is 85.4 cm³/mol. The van der Waals surface area contributed by atoms with Crippen LogP contribution in [0.1, 0.15) is 37.7 Å². The molecular weight excluding hydrogens is 316 g/mol. The Hall–Kier alpha value is -0.870. The lowest BCUT2D eigenvalue weighted by molar-refractivity contribution is -0.122. The topological polar surface area (TPSA) is 55.1 Å². The molecule has 2 atom stereocenters. The largest absolute Gasteiger partial charge is 0.356 e. The van der Waals surface area contributed by atoms with Crippen LogP contribution in [-0.4, -0.2) is 18.5 Å². The van der Waals surface area contributed by atoms with Crippen LogP contribution in [0.3, 0.4) is 0 Å². The molecule has 1 aromatic rings.